The molecule has 1 atom stereocenters. The van der Waals surface area contributed by atoms with Crippen LogP contribution >= 0.6 is 0 Å². The number of urea groups is 1. The van der Waals surface area contributed by atoms with Crippen LogP contribution in [0.3, 0.4) is 0 Å². The van der Waals surface area contributed by atoms with E-state index >= 15 is 0 Å². The zero-order chi connectivity index (χ0) is 26.2. The van der Waals surface area contributed by atoms with E-state index < -0.39 is 23.4 Å². The van der Waals surface area contributed by atoms with Crippen molar-refractivity contribution in [3.05, 3.63) is 106 Å². The topological polar surface area (TPSA) is 113 Å². The number of hydrogen-bond acceptors (Lipinski definition) is 5. The van der Waals surface area contributed by atoms with Gasteiger partial charge in [-0.25, -0.2) is 9.78 Å². The second-order valence-corrected chi connectivity index (χ2v) is 9.19. The highest BCUT2D eigenvalue weighted by molar-refractivity contribution is 6.09. The van der Waals surface area contributed by atoms with Crippen LogP contribution in [0.2, 0.25) is 0 Å². The fourth-order valence-corrected chi connectivity index (χ4v) is 4.47. The van der Waals surface area contributed by atoms with E-state index in [0.29, 0.717) is 35.3 Å². The van der Waals surface area contributed by atoms with Gasteiger partial charge in [0.05, 0.1) is 16.6 Å². The number of imide groups is 1. The molecule has 0 saturated carbocycles. The third-order valence-corrected chi connectivity index (χ3v) is 6.56. The first-order valence-corrected chi connectivity index (χ1v) is 11.9. The van der Waals surface area contributed by atoms with Crippen molar-refractivity contribution in [2.24, 2.45) is 0 Å². The number of carbonyl (C=O) groups is 3. The quantitative estimate of drug-likeness (QED) is 0.399. The standard InChI is InChI=1S/C28H25N5O4/c1-18-29-23-11-7-6-10-22(23)25(35)32(18)21-14-12-20(13-15-21)24(34)31-33-26(36)28(2,30-27(33)37)17-16-19-8-4-3-5-9-19/h3-15H,16-17H2,1-2H3,(H,30,37)(H,31,34)/t28-/m1/s1. The molecule has 1 saturated heterocycles. The van der Waals surface area contributed by atoms with Crippen LogP contribution in [0.4, 0.5) is 4.79 Å². The number of nitrogens with zero attached hydrogens (tertiary/aromatic N) is 3. The molecule has 1 fully saturated rings. The summed E-state index contributed by atoms with van der Waals surface area (Å²) in [5, 5.41) is 3.91. The van der Waals surface area contributed by atoms with E-state index in [9.17, 15) is 19.2 Å². The lowest BCUT2D eigenvalue weighted by Gasteiger charge is -2.21. The number of rotatable bonds is 6. The van der Waals surface area contributed by atoms with Crippen molar-refractivity contribution in [1.29, 1.82) is 0 Å². The summed E-state index contributed by atoms with van der Waals surface area (Å²) in [5.41, 5.74) is 3.48. The van der Waals surface area contributed by atoms with E-state index in [1.807, 2.05) is 36.4 Å². The van der Waals surface area contributed by atoms with Crippen LogP contribution in [0.25, 0.3) is 16.6 Å². The van der Waals surface area contributed by atoms with Crippen LogP contribution in [0.15, 0.2) is 83.7 Å². The molecule has 0 spiro atoms. The number of hydrazine groups is 1. The molecule has 186 valence electrons. The Bertz CT molecular complexity index is 1580. The van der Waals surface area contributed by atoms with Gasteiger partial charge in [-0.1, -0.05) is 42.5 Å². The lowest BCUT2D eigenvalue weighted by atomic mass is 9.93. The van der Waals surface area contributed by atoms with E-state index in [2.05, 4.69) is 15.7 Å². The fourth-order valence-electron chi connectivity index (χ4n) is 4.47. The summed E-state index contributed by atoms with van der Waals surface area (Å²) in [5.74, 6) is -0.638. The number of aromatic nitrogens is 2. The lowest BCUT2D eigenvalue weighted by molar-refractivity contribution is -0.132. The zero-order valence-electron chi connectivity index (χ0n) is 20.4. The highest BCUT2D eigenvalue weighted by Crippen LogP contribution is 2.22. The van der Waals surface area contributed by atoms with Gasteiger partial charge in [-0.15, -0.1) is 0 Å². The van der Waals surface area contributed by atoms with Crippen molar-refractivity contribution >= 4 is 28.7 Å². The molecule has 2 N–H and O–H groups in total. The Morgan fingerprint density at radius 3 is 2.35 bits per heavy atom. The Kier molecular flexibility index (Phi) is 6.04. The van der Waals surface area contributed by atoms with Gasteiger partial charge in [-0.2, -0.15) is 5.01 Å². The zero-order valence-corrected chi connectivity index (χ0v) is 20.4. The van der Waals surface area contributed by atoms with Crippen molar-refractivity contribution < 1.29 is 14.4 Å². The summed E-state index contributed by atoms with van der Waals surface area (Å²) in [6.45, 7) is 3.38. The van der Waals surface area contributed by atoms with Gasteiger partial charge in [-0.3, -0.25) is 24.4 Å². The number of amides is 4. The Morgan fingerprint density at radius 1 is 0.946 bits per heavy atom. The molecule has 3 aromatic carbocycles. The molecular formula is C28H25N5O4. The molecule has 4 aromatic rings. The summed E-state index contributed by atoms with van der Waals surface area (Å²) in [7, 11) is 0. The second-order valence-electron chi connectivity index (χ2n) is 9.19. The Balaban J connectivity index is 1.31. The Hall–Kier alpha value is -4.79. The molecule has 9 heteroatoms. The average Bonchev–Trinajstić information content (AvgIpc) is 3.11. The molecule has 37 heavy (non-hydrogen) atoms. The van der Waals surface area contributed by atoms with Gasteiger partial charge in [0.15, 0.2) is 0 Å². The van der Waals surface area contributed by atoms with E-state index in [-0.39, 0.29) is 11.1 Å². The number of nitrogens with one attached hydrogen (secondary N) is 2. The van der Waals surface area contributed by atoms with Gasteiger partial charge in [0.1, 0.15) is 11.4 Å². The maximum Gasteiger partial charge on any atom is 0.344 e. The molecule has 9 nitrogen and oxygen atoms in total. The number of fused-ring (bicyclic) bond motifs is 1. The van der Waals surface area contributed by atoms with Crippen LogP contribution in [0, 0.1) is 6.92 Å². The van der Waals surface area contributed by atoms with Crippen LogP contribution in [0.5, 0.6) is 0 Å². The predicted octanol–water partition coefficient (Wildman–Crippen LogP) is 3.28. The molecule has 4 amide bonds. The third kappa shape index (κ3) is 4.47. The van der Waals surface area contributed by atoms with Gasteiger partial charge in [0.2, 0.25) is 0 Å². The summed E-state index contributed by atoms with van der Waals surface area (Å²) in [6, 6.07) is 22.4. The van der Waals surface area contributed by atoms with Crippen LogP contribution in [-0.2, 0) is 11.2 Å². The molecule has 0 unspecified atom stereocenters. The molecule has 5 rings (SSSR count). The number of benzene rings is 3. The molecule has 2 heterocycles. The minimum atomic E-state index is -1.13. The van der Waals surface area contributed by atoms with Gasteiger partial charge in [0, 0.05) is 5.56 Å². The molecule has 0 radical (unpaired) electrons. The minimum Gasteiger partial charge on any atom is -0.322 e. The maximum atomic E-state index is 13.0. The SMILES string of the molecule is Cc1nc2ccccc2c(=O)n1-c1ccc(C(=O)NN2C(=O)N[C@](C)(CCc3ccccc3)C2=O)cc1. The Labute approximate surface area is 212 Å². The average molecular weight is 496 g/mol. The number of hydrogen-bond donors (Lipinski definition) is 2. The third-order valence-electron chi connectivity index (χ3n) is 6.56. The number of para-hydroxylation sites is 1. The summed E-state index contributed by atoms with van der Waals surface area (Å²) < 4.78 is 1.47. The number of aryl methyl sites for hydroxylation is 2. The van der Waals surface area contributed by atoms with Gasteiger partial charge < -0.3 is 5.32 Å². The van der Waals surface area contributed by atoms with E-state index in [4.69, 9.17) is 0 Å². The van der Waals surface area contributed by atoms with E-state index in [0.717, 1.165) is 10.6 Å². The normalized spacial score (nSPS) is 17.2. The largest absolute Gasteiger partial charge is 0.344 e. The first-order valence-electron chi connectivity index (χ1n) is 11.9. The predicted molar refractivity (Wildman–Crippen MR) is 138 cm³/mol. The van der Waals surface area contributed by atoms with Crippen molar-refractivity contribution in [3.8, 4) is 5.69 Å². The molecule has 1 aromatic heterocycles. The molecule has 1 aliphatic heterocycles. The highest BCUT2D eigenvalue weighted by Gasteiger charge is 2.48. The fraction of sp³-hybridized carbons (Fsp3) is 0.179. The molecule has 0 bridgehead atoms. The Morgan fingerprint density at radius 2 is 1.62 bits per heavy atom. The van der Waals surface area contributed by atoms with Crippen LogP contribution < -0.4 is 16.3 Å². The van der Waals surface area contributed by atoms with Gasteiger partial charge in [0.25, 0.3) is 17.4 Å². The molecular weight excluding hydrogens is 470 g/mol. The minimum absolute atomic E-state index is 0.213. The first kappa shape index (κ1) is 23.9. The number of carbonyl (C=O) groups excluding carboxylic acids is 3. The summed E-state index contributed by atoms with van der Waals surface area (Å²) in [6.07, 6.45) is 0.978. The van der Waals surface area contributed by atoms with E-state index in [1.165, 1.54) is 16.7 Å². The van der Waals surface area contributed by atoms with Gasteiger partial charge >= 0.3 is 6.03 Å². The second kappa shape index (κ2) is 9.34. The monoisotopic (exact) mass is 495 g/mol. The van der Waals surface area contributed by atoms with Crippen molar-refractivity contribution in [1.82, 2.24) is 25.3 Å². The first-order chi connectivity index (χ1) is 17.8. The smallest absolute Gasteiger partial charge is 0.322 e. The van der Waals surface area contributed by atoms with Crippen LogP contribution in [0.1, 0.15) is 35.1 Å². The van der Waals surface area contributed by atoms with Crippen molar-refractivity contribution in [2.45, 2.75) is 32.2 Å². The molecule has 1 aliphatic rings. The van der Waals surface area contributed by atoms with Crippen molar-refractivity contribution in [3.63, 3.8) is 0 Å². The van der Waals surface area contributed by atoms with Crippen molar-refractivity contribution in [2.75, 3.05) is 0 Å². The van der Waals surface area contributed by atoms with Crippen LogP contribution in [-0.4, -0.2) is 37.9 Å². The summed E-state index contributed by atoms with van der Waals surface area (Å²) >= 11 is 0. The molecule has 0 aliphatic carbocycles. The maximum absolute atomic E-state index is 13.0. The lowest BCUT2D eigenvalue weighted by Crippen LogP contribution is -2.48. The highest BCUT2D eigenvalue weighted by atomic mass is 16.2. The van der Waals surface area contributed by atoms with E-state index in [1.54, 1.807) is 44.2 Å². The summed E-state index contributed by atoms with van der Waals surface area (Å²) in [4.78, 5) is 56.0. The van der Waals surface area contributed by atoms with Gasteiger partial charge in [-0.05, 0) is 68.7 Å².